The van der Waals surface area contributed by atoms with Crippen LogP contribution in [0.1, 0.15) is 27.3 Å². The van der Waals surface area contributed by atoms with Crippen molar-refractivity contribution in [1.29, 1.82) is 5.26 Å². The third-order valence-electron chi connectivity index (χ3n) is 5.85. The number of carbonyl (C=O) groups excluding carboxylic acids is 1. The molecule has 0 atom stereocenters. The lowest BCUT2D eigenvalue weighted by Crippen LogP contribution is -2.36. The normalized spacial score (nSPS) is 13.1. The summed E-state index contributed by atoms with van der Waals surface area (Å²) >= 11 is 0. The van der Waals surface area contributed by atoms with Crippen LogP contribution in [0.25, 0.3) is 22.0 Å². The Hall–Kier alpha value is -4.05. The number of aromatic amines is 1. The van der Waals surface area contributed by atoms with E-state index in [1.165, 1.54) is 0 Å². The predicted octanol–water partition coefficient (Wildman–Crippen LogP) is 4.77. The average molecular weight is 428 g/mol. The lowest BCUT2D eigenvalue weighted by atomic mass is 9.93. The van der Waals surface area contributed by atoms with E-state index in [1.54, 1.807) is 17.2 Å². The van der Waals surface area contributed by atoms with Gasteiger partial charge < -0.3 is 9.88 Å². The molecule has 4 aromatic rings. The second-order valence-electron chi connectivity index (χ2n) is 7.83. The summed E-state index contributed by atoms with van der Waals surface area (Å²) < 4.78 is 27.0. The largest absolute Gasteiger partial charge is 0.350 e. The third-order valence-corrected chi connectivity index (χ3v) is 5.85. The van der Waals surface area contributed by atoms with Crippen LogP contribution in [0.4, 0.5) is 8.78 Å². The quantitative estimate of drug-likeness (QED) is 0.511. The minimum absolute atomic E-state index is 0.208. The molecule has 0 fully saturated rings. The van der Waals surface area contributed by atoms with Gasteiger partial charge in [0.05, 0.1) is 18.2 Å². The van der Waals surface area contributed by atoms with Gasteiger partial charge in [-0.2, -0.15) is 5.26 Å². The van der Waals surface area contributed by atoms with Crippen LogP contribution in [0, 0.1) is 23.0 Å². The van der Waals surface area contributed by atoms with E-state index < -0.39 is 11.6 Å². The lowest BCUT2D eigenvalue weighted by molar-refractivity contribution is 0.0729. The van der Waals surface area contributed by atoms with Gasteiger partial charge in [0, 0.05) is 41.8 Å². The number of amides is 1. The van der Waals surface area contributed by atoms with Crippen molar-refractivity contribution in [2.45, 2.75) is 19.4 Å². The van der Waals surface area contributed by atoms with Gasteiger partial charge in [-0.05, 0) is 41.3 Å². The van der Waals surface area contributed by atoms with Crippen molar-refractivity contribution in [3.63, 3.8) is 0 Å². The molecule has 1 aliphatic rings. The number of rotatable bonds is 3. The monoisotopic (exact) mass is 428 g/mol. The maximum atomic E-state index is 13.5. The van der Waals surface area contributed by atoms with Crippen molar-refractivity contribution in [2.24, 2.45) is 0 Å². The molecule has 0 bridgehead atoms. The fourth-order valence-corrected chi connectivity index (χ4v) is 4.22. The number of nitrogens with one attached hydrogen (secondary N) is 1. The van der Waals surface area contributed by atoms with Crippen molar-refractivity contribution in [2.75, 3.05) is 6.54 Å². The number of pyridine rings is 1. The van der Waals surface area contributed by atoms with Crippen LogP contribution in [0.3, 0.4) is 0 Å². The lowest BCUT2D eigenvalue weighted by Gasteiger charge is -2.29. The first-order chi connectivity index (χ1) is 15.5. The van der Waals surface area contributed by atoms with Gasteiger partial charge in [-0.15, -0.1) is 0 Å². The molecule has 2 aromatic heterocycles. The first kappa shape index (κ1) is 19.9. The van der Waals surface area contributed by atoms with Crippen molar-refractivity contribution >= 4 is 16.8 Å². The number of benzene rings is 2. The molecule has 2 aromatic carbocycles. The SMILES string of the molecule is N#CCc1ncccc1-c1ccc2c(c1)CCN(C(=O)c1cc3cc(F)c(F)cc3[nH]1)C2. The first-order valence-electron chi connectivity index (χ1n) is 10.2. The maximum absolute atomic E-state index is 13.5. The fourth-order valence-electron chi connectivity index (χ4n) is 4.22. The van der Waals surface area contributed by atoms with E-state index >= 15 is 0 Å². The first-order valence-corrected chi connectivity index (χ1v) is 10.2. The van der Waals surface area contributed by atoms with E-state index in [2.05, 4.69) is 22.1 Å². The molecule has 1 aliphatic heterocycles. The molecule has 1 amide bonds. The molecule has 0 aliphatic carbocycles. The average Bonchev–Trinajstić information content (AvgIpc) is 3.21. The Kier molecular flexibility index (Phi) is 4.91. The Bertz CT molecular complexity index is 1360. The van der Waals surface area contributed by atoms with Crippen LogP contribution in [-0.4, -0.2) is 27.3 Å². The Morgan fingerprint density at radius 1 is 1.12 bits per heavy atom. The Morgan fingerprint density at radius 2 is 1.97 bits per heavy atom. The predicted molar refractivity (Wildman–Crippen MR) is 116 cm³/mol. The molecule has 5 nitrogen and oxygen atoms in total. The molecular formula is C25H18F2N4O. The van der Waals surface area contributed by atoms with E-state index in [-0.39, 0.29) is 12.3 Å². The summed E-state index contributed by atoms with van der Waals surface area (Å²) in [6, 6.07) is 15.8. The van der Waals surface area contributed by atoms with Gasteiger partial charge in [-0.25, -0.2) is 8.78 Å². The smallest absolute Gasteiger partial charge is 0.270 e. The van der Waals surface area contributed by atoms with Crippen molar-refractivity contribution < 1.29 is 13.6 Å². The highest BCUT2D eigenvalue weighted by Crippen LogP contribution is 2.29. The molecule has 32 heavy (non-hydrogen) atoms. The number of aromatic nitrogens is 2. The number of hydrogen-bond acceptors (Lipinski definition) is 3. The number of nitrogens with zero attached hydrogens (tertiary/aromatic N) is 3. The summed E-state index contributed by atoms with van der Waals surface area (Å²) in [7, 11) is 0. The third kappa shape index (κ3) is 3.50. The van der Waals surface area contributed by atoms with Gasteiger partial charge in [0.15, 0.2) is 11.6 Å². The molecule has 7 heteroatoms. The Morgan fingerprint density at radius 3 is 2.81 bits per heavy atom. The fraction of sp³-hybridized carbons (Fsp3) is 0.160. The summed E-state index contributed by atoms with van der Waals surface area (Å²) in [5, 5.41) is 9.52. The summed E-state index contributed by atoms with van der Waals surface area (Å²) in [4.78, 5) is 22.0. The summed E-state index contributed by atoms with van der Waals surface area (Å²) in [5.41, 5.74) is 5.58. The van der Waals surface area contributed by atoms with Crippen LogP contribution >= 0.6 is 0 Å². The van der Waals surface area contributed by atoms with E-state index in [4.69, 9.17) is 5.26 Å². The Balaban J connectivity index is 1.40. The standard InChI is InChI=1S/C25H18F2N4O/c26-20-11-18-12-24(30-23(18)13-21(20)27)25(32)31-9-6-15-10-16(3-4-17(15)14-31)19-2-1-8-29-22(19)5-7-28/h1-4,8,10-13,30H,5-6,9,14H2. The van der Waals surface area contributed by atoms with Crippen molar-refractivity contribution in [1.82, 2.24) is 14.9 Å². The molecular weight excluding hydrogens is 410 g/mol. The van der Waals surface area contributed by atoms with Crippen LogP contribution in [0.5, 0.6) is 0 Å². The van der Waals surface area contributed by atoms with E-state index in [9.17, 15) is 13.6 Å². The van der Waals surface area contributed by atoms with Gasteiger partial charge in [0.25, 0.3) is 5.91 Å². The number of halogens is 2. The number of H-pyrrole nitrogens is 1. The zero-order valence-electron chi connectivity index (χ0n) is 17.0. The summed E-state index contributed by atoms with van der Waals surface area (Å²) in [6.07, 6.45) is 2.62. The second kappa shape index (κ2) is 7.89. The van der Waals surface area contributed by atoms with Crippen LogP contribution in [-0.2, 0) is 19.4 Å². The zero-order chi connectivity index (χ0) is 22.2. The highest BCUT2D eigenvalue weighted by Gasteiger charge is 2.24. The van der Waals surface area contributed by atoms with E-state index in [0.717, 1.165) is 40.1 Å². The maximum Gasteiger partial charge on any atom is 0.270 e. The van der Waals surface area contributed by atoms with E-state index in [0.29, 0.717) is 36.1 Å². The minimum atomic E-state index is -0.951. The number of carbonyl (C=O) groups is 1. The van der Waals surface area contributed by atoms with Gasteiger partial charge >= 0.3 is 0 Å². The number of fused-ring (bicyclic) bond motifs is 2. The van der Waals surface area contributed by atoms with Gasteiger partial charge in [0.2, 0.25) is 0 Å². The summed E-state index contributed by atoms with van der Waals surface area (Å²) in [5.74, 6) is -2.10. The minimum Gasteiger partial charge on any atom is -0.350 e. The second-order valence-corrected chi connectivity index (χ2v) is 7.83. The van der Waals surface area contributed by atoms with Gasteiger partial charge in [-0.3, -0.25) is 9.78 Å². The van der Waals surface area contributed by atoms with Gasteiger partial charge in [-0.1, -0.05) is 24.3 Å². The molecule has 0 spiro atoms. The zero-order valence-corrected chi connectivity index (χ0v) is 17.0. The molecule has 0 unspecified atom stereocenters. The van der Waals surface area contributed by atoms with Crippen molar-refractivity contribution in [3.8, 4) is 17.2 Å². The molecule has 0 saturated heterocycles. The topological polar surface area (TPSA) is 72.8 Å². The highest BCUT2D eigenvalue weighted by atomic mass is 19.2. The number of nitriles is 1. The van der Waals surface area contributed by atoms with Crippen LogP contribution < -0.4 is 0 Å². The van der Waals surface area contributed by atoms with Gasteiger partial charge in [0.1, 0.15) is 5.69 Å². The highest BCUT2D eigenvalue weighted by molar-refractivity contribution is 5.98. The molecule has 3 heterocycles. The molecule has 0 radical (unpaired) electrons. The molecule has 1 N–H and O–H groups in total. The number of hydrogen-bond donors (Lipinski definition) is 1. The molecule has 158 valence electrons. The van der Waals surface area contributed by atoms with Crippen molar-refractivity contribution in [3.05, 3.63) is 88.9 Å². The Labute approximate surface area is 182 Å². The van der Waals surface area contributed by atoms with E-state index in [1.807, 2.05) is 24.3 Å². The van der Waals surface area contributed by atoms with Crippen LogP contribution in [0.15, 0.2) is 54.7 Å². The molecule has 5 rings (SSSR count). The molecule has 0 saturated carbocycles. The summed E-state index contributed by atoms with van der Waals surface area (Å²) in [6.45, 7) is 0.982. The van der Waals surface area contributed by atoms with Crippen LogP contribution in [0.2, 0.25) is 0 Å².